The van der Waals surface area contributed by atoms with Crippen LogP contribution in [0.5, 0.6) is 5.75 Å². The third kappa shape index (κ3) is 4.20. The zero-order valence-corrected chi connectivity index (χ0v) is 21.4. The van der Waals surface area contributed by atoms with Crippen LogP contribution in [0.15, 0.2) is 42.5 Å². The van der Waals surface area contributed by atoms with Gasteiger partial charge in [-0.25, -0.2) is 0 Å². The van der Waals surface area contributed by atoms with Gasteiger partial charge in [0.05, 0.1) is 18.2 Å². The molecule has 3 heterocycles. The van der Waals surface area contributed by atoms with Crippen molar-refractivity contribution < 1.29 is 14.3 Å². The molecule has 186 valence electrons. The molecule has 0 radical (unpaired) electrons. The largest absolute Gasteiger partial charge is 0.497 e. The van der Waals surface area contributed by atoms with Crippen LogP contribution in [-0.4, -0.2) is 54.0 Å². The van der Waals surface area contributed by atoms with Crippen LogP contribution in [0.2, 0.25) is 0 Å². The average Bonchev–Trinajstić information content (AvgIpc) is 3.32. The van der Waals surface area contributed by atoms with Crippen LogP contribution >= 0.6 is 0 Å². The smallest absolute Gasteiger partial charge is 0.256 e. The Hall–Kier alpha value is -3.84. The molecule has 2 amide bonds. The highest BCUT2D eigenvalue weighted by Crippen LogP contribution is 2.41. The Bertz CT molecular complexity index is 1380. The van der Waals surface area contributed by atoms with E-state index < -0.39 is 0 Å². The number of aryl methyl sites for hydroxylation is 1. The van der Waals surface area contributed by atoms with Gasteiger partial charge < -0.3 is 25.3 Å². The lowest BCUT2D eigenvalue weighted by atomic mass is 9.94. The maximum Gasteiger partial charge on any atom is 0.256 e. The molecular weight excluding hydrogens is 452 g/mol. The summed E-state index contributed by atoms with van der Waals surface area (Å²) in [6.45, 7) is 9.39. The van der Waals surface area contributed by atoms with Gasteiger partial charge in [0.15, 0.2) is 0 Å². The zero-order chi connectivity index (χ0) is 25.6. The molecule has 3 N–H and O–H groups in total. The van der Waals surface area contributed by atoms with E-state index in [0.717, 1.165) is 45.1 Å². The van der Waals surface area contributed by atoms with Gasteiger partial charge in [0.2, 0.25) is 0 Å². The van der Waals surface area contributed by atoms with Gasteiger partial charge >= 0.3 is 0 Å². The third-order valence-corrected chi connectivity index (χ3v) is 7.03. The predicted molar refractivity (Wildman–Crippen MR) is 143 cm³/mol. The van der Waals surface area contributed by atoms with Crippen molar-refractivity contribution in [1.82, 2.24) is 15.2 Å². The molecule has 36 heavy (non-hydrogen) atoms. The molecule has 0 unspecified atom stereocenters. The van der Waals surface area contributed by atoms with Gasteiger partial charge in [-0.15, -0.1) is 0 Å². The minimum Gasteiger partial charge on any atom is -0.497 e. The summed E-state index contributed by atoms with van der Waals surface area (Å²) in [5.74, 6) is 0.618. The van der Waals surface area contributed by atoms with E-state index in [9.17, 15) is 9.59 Å². The highest BCUT2D eigenvalue weighted by Gasteiger charge is 2.31. The molecule has 1 fully saturated rings. The molecule has 7 nitrogen and oxygen atoms in total. The van der Waals surface area contributed by atoms with E-state index >= 15 is 0 Å². The fourth-order valence-corrected chi connectivity index (χ4v) is 5.45. The molecule has 7 heteroatoms. The van der Waals surface area contributed by atoms with Crippen LogP contribution in [0.25, 0.3) is 22.8 Å². The molecule has 3 aromatic rings. The highest BCUT2D eigenvalue weighted by atomic mass is 16.5. The van der Waals surface area contributed by atoms with Gasteiger partial charge in [-0.2, -0.15) is 0 Å². The molecule has 5 rings (SSSR count). The summed E-state index contributed by atoms with van der Waals surface area (Å²) in [5.41, 5.74) is 7.20. The zero-order valence-electron chi connectivity index (χ0n) is 21.4. The molecule has 2 atom stereocenters. The van der Waals surface area contributed by atoms with Crippen LogP contribution in [0, 0.1) is 13.8 Å². The van der Waals surface area contributed by atoms with Gasteiger partial charge in [0.25, 0.3) is 11.8 Å². The van der Waals surface area contributed by atoms with Gasteiger partial charge in [0, 0.05) is 47.8 Å². The molecule has 1 aromatic heterocycles. The van der Waals surface area contributed by atoms with Gasteiger partial charge in [0.1, 0.15) is 5.75 Å². The van der Waals surface area contributed by atoms with E-state index in [0.29, 0.717) is 24.2 Å². The fourth-order valence-electron chi connectivity index (χ4n) is 5.45. The van der Waals surface area contributed by atoms with Crippen molar-refractivity contribution >= 4 is 29.2 Å². The van der Waals surface area contributed by atoms with Crippen molar-refractivity contribution in [2.24, 2.45) is 0 Å². The Balaban J connectivity index is 1.56. The highest BCUT2D eigenvalue weighted by molar-refractivity contribution is 6.36. The summed E-state index contributed by atoms with van der Waals surface area (Å²) in [4.78, 5) is 31.9. The second-order valence-corrected chi connectivity index (χ2v) is 9.81. The summed E-state index contributed by atoms with van der Waals surface area (Å²) in [6, 6.07) is 14.2. The monoisotopic (exact) mass is 484 g/mol. The summed E-state index contributed by atoms with van der Waals surface area (Å²) in [6.07, 6.45) is 1.87. The number of H-pyrrole nitrogens is 1. The van der Waals surface area contributed by atoms with E-state index in [1.54, 1.807) is 7.11 Å². The number of fused-ring (bicyclic) bond motifs is 1. The maximum atomic E-state index is 13.5. The number of benzene rings is 2. The Morgan fingerprint density at radius 2 is 1.81 bits per heavy atom. The van der Waals surface area contributed by atoms with E-state index in [2.05, 4.69) is 29.5 Å². The Morgan fingerprint density at radius 1 is 1.08 bits per heavy atom. The second kappa shape index (κ2) is 9.32. The number of aromatic amines is 1. The minimum absolute atomic E-state index is 0.0273. The van der Waals surface area contributed by atoms with Crippen molar-refractivity contribution in [1.29, 1.82) is 0 Å². The fraction of sp³-hybridized carbons (Fsp3) is 0.310. The molecule has 0 spiro atoms. The number of amides is 2. The molecule has 0 saturated carbocycles. The standard InChI is InChI=1S/C29H32N4O3/c1-16-14-33(15-17(2)30-16)29(35)26-18(3)25(31-19(26)4)13-23-27-22(10-7-11-24(27)32-28(23)34)20-8-6-9-21(12-20)36-5/h6-13,16-17,30-31H,14-15H2,1-5H3,(H,32,34)/t16-,17-/m1/s1. The van der Waals surface area contributed by atoms with E-state index in [4.69, 9.17) is 4.74 Å². The average molecular weight is 485 g/mol. The normalized spacial score (nSPS) is 20.4. The van der Waals surface area contributed by atoms with Crippen LogP contribution in [0.1, 0.15) is 46.7 Å². The van der Waals surface area contributed by atoms with Crippen molar-refractivity contribution in [2.45, 2.75) is 39.8 Å². The number of piperazine rings is 1. The number of carbonyl (C=O) groups excluding carboxylic acids is 2. The summed E-state index contributed by atoms with van der Waals surface area (Å²) >= 11 is 0. The topological polar surface area (TPSA) is 86.5 Å². The van der Waals surface area contributed by atoms with Gasteiger partial charge in [-0.1, -0.05) is 24.3 Å². The molecular formula is C29H32N4O3. The van der Waals surface area contributed by atoms with Crippen molar-refractivity contribution in [3.8, 4) is 16.9 Å². The number of hydrogen-bond acceptors (Lipinski definition) is 4. The van der Waals surface area contributed by atoms with Crippen LogP contribution < -0.4 is 15.4 Å². The molecule has 2 aliphatic rings. The minimum atomic E-state index is -0.162. The van der Waals surface area contributed by atoms with Gasteiger partial charge in [-0.05, 0) is 68.7 Å². The lowest BCUT2D eigenvalue weighted by molar-refractivity contribution is -0.110. The molecule has 2 aromatic carbocycles. The first-order valence-electron chi connectivity index (χ1n) is 12.3. The summed E-state index contributed by atoms with van der Waals surface area (Å²) < 4.78 is 5.41. The lowest BCUT2D eigenvalue weighted by Crippen LogP contribution is -2.55. The summed E-state index contributed by atoms with van der Waals surface area (Å²) in [5, 5.41) is 6.47. The maximum absolute atomic E-state index is 13.5. The Morgan fingerprint density at radius 3 is 2.53 bits per heavy atom. The van der Waals surface area contributed by atoms with Crippen molar-refractivity contribution in [3.63, 3.8) is 0 Å². The van der Waals surface area contributed by atoms with Crippen LogP contribution in [0.4, 0.5) is 5.69 Å². The van der Waals surface area contributed by atoms with Crippen molar-refractivity contribution in [2.75, 3.05) is 25.5 Å². The number of methoxy groups -OCH3 is 1. The number of nitrogens with zero attached hydrogens (tertiary/aromatic N) is 1. The number of carbonyl (C=O) groups is 2. The first-order valence-corrected chi connectivity index (χ1v) is 12.3. The SMILES string of the molecule is COc1cccc(-c2cccc3c2C(=Cc2[nH]c(C)c(C(=O)N4C[C@@H](C)N[C@H](C)C4)c2C)C(=O)N3)c1. The first-order chi connectivity index (χ1) is 17.3. The second-order valence-electron chi connectivity index (χ2n) is 9.81. The van der Waals surface area contributed by atoms with Gasteiger partial charge in [-0.3, -0.25) is 9.59 Å². The van der Waals surface area contributed by atoms with Crippen molar-refractivity contribution in [3.05, 3.63) is 70.5 Å². The number of rotatable bonds is 4. The van der Waals surface area contributed by atoms with Crippen LogP contribution in [-0.2, 0) is 4.79 Å². The number of aromatic nitrogens is 1. The van der Waals surface area contributed by atoms with E-state index in [-0.39, 0.29) is 23.9 Å². The Labute approximate surface area is 211 Å². The number of hydrogen-bond donors (Lipinski definition) is 3. The van der Waals surface area contributed by atoms with E-state index in [1.807, 2.05) is 67.3 Å². The summed E-state index contributed by atoms with van der Waals surface area (Å²) in [7, 11) is 1.64. The predicted octanol–water partition coefficient (Wildman–Crippen LogP) is 4.62. The Kier molecular flexibility index (Phi) is 6.18. The lowest BCUT2D eigenvalue weighted by Gasteiger charge is -2.36. The van der Waals surface area contributed by atoms with Crippen LogP contribution in [0.3, 0.4) is 0 Å². The number of ether oxygens (including phenoxy) is 1. The molecule has 1 saturated heterocycles. The first kappa shape index (κ1) is 23.9. The number of anilines is 1. The third-order valence-electron chi connectivity index (χ3n) is 7.03. The van der Waals surface area contributed by atoms with E-state index in [1.165, 1.54) is 0 Å². The molecule has 0 bridgehead atoms. The molecule has 0 aliphatic carbocycles. The quantitative estimate of drug-likeness (QED) is 0.472. The molecule has 2 aliphatic heterocycles. The number of nitrogens with one attached hydrogen (secondary N) is 3.